The average molecular weight is 195 g/mol. The van der Waals surface area contributed by atoms with Crippen LogP contribution >= 0.6 is 0 Å². The van der Waals surface area contributed by atoms with E-state index in [1.54, 1.807) is 0 Å². The van der Waals surface area contributed by atoms with Crippen LogP contribution in [0.25, 0.3) is 10.9 Å². The molecule has 2 aromatic rings. The van der Waals surface area contributed by atoms with Crippen molar-refractivity contribution in [1.29, 1.82) is 0 Å². The molecule has 0 spiro atoms. The number of hydrogen-bond acceptors (Lipinski definition) is 3. The van der Waals surface area contributed by atoms with Crippen LogP contribution in [0.4, 0.5) is 14.7 Å². The Bertz CT molecular complexity index is 511. The van der Waals surface area contributed by atoms with Crippen molar-refractivity contribution in [2.24, 2.45) is 0 Å². The molecule has 5 heteroatoms. The monoisotopic (exact) mass is 195 g/mol. The highest BCUT2D eigenvalue weighted by Gasteiger charge is 2.10. The summed E-state index contributed by atoms with van der Waals surface area (Å²) >= 11 is 0. The van der Waals surface area contributed by atoms with Crippen LogP contribution in [-0.4, -0.2) is 9.97 Å². The smallest absolute Gasteiger partial charge is 0.220 e. The fourth-order valence-corrected chi connectivity index (χ4v) is 1.22. The number of benzene rings is 1. The molecular formula is C9H7F2N3. The number of halogens is 2. The summed E-state index contributed by atoms with van der Waals surface area (Å²) in [7, 11) is 0. The van der Waals surface area contributed by atoms with Gasteiger partial charge in [0.05, 0.1) is 10.9 Å². The Hall–Kier alpha value is -1.78. The van der Waals surface area contributed by atoms with Crippen molar-refractivity contribution in [2.75, 3.05) is 5.73 Å². The summed E-state index contributed by atoms with van der Waals surface area (Å²) in [6.45, 7) is 1.36. The van der Waals surface area contributed by atoms with Gasteiger partial charge in [-0.05, 0) is 6.92 Å². The van der Waals surface area contributed by atoms with E-state index >= 15 is 0 Å². The molecule has 0 fully saturated rings. The van der Waals surface area contributed by atoms with Gasteiger partial charge < -0.3 is 5.73 Å². The SMILES string of the molecule is Cc1c(F)cc2nc(N)ncc2c1F. The van der Waals surface area contributed by atoms with Gasteiger partial charge in [-0.3, -0.25) is 0 Å². The van der Waals surface area contributed by atoms with Crippen molar-refractivity contribution in [3.05, 3.63) is 29.5 Å². The Morgan fingerprint density at radius 2 is 2.07 bits per heavy atom. The van der Waals surface area contributed by atoms with Gasteiger partial charge in [0, 0.05) is 17.8 Å². The molecule has 3 nitrogen and oxygen atoms in total. The third kappa shape index (κ3) is 1.17. The molecule has 14 heavy (non-hydrogen) atoms. The minimum absolute atomic E-state index is 0.000142. The lowest BCUT2D eigenvalue weighted by Crippen LogP contribution is -1.98. The fourth-order valence-electron chi connectivity index (χ4n) is 1.22. The first-order valence-electron chi connectivity index (χ1n) is 3.96. The topological polar surface area (TPSA) is 51.8 Å². The second-order valence-electron chi connectivity index (χ2n) is 2.96. The zero-order valence-corrected chi connectivity index (χ0v) is 7.38. The number of nitrogens with two attached hydrogens (primary N) is 1. The van der Waals surface area contributed by atoms with Gasteiger partial charge in [0.25, 0.3) is 0 Å². The van der Waals surface area contributed by atoms with Gasteiger partial charge in [-0.1, -0.05) is 0 Å². The molecule has 1 heterocycles. The first-order chi connectivity index (χ1) is 6.59. The van der Waals surface area contributed by atoms with Gasteiger partial charge in [-0.25, -0.2) is 18.7 Å². The van der Waals surface area contributed by atoms with Crippen LogP contribution in [0, 0.1) is 18.6 Å². The first kappa shape index (κ1) is 8.80. The Labute approximate surface area is 78.6 Å². The largest absolute Gasteiger partial charge is 0.368 e. The van der Waals surface area contributed by atoms with Gasteiger partial charge in [-0.2, -0.15) is 0 Å². The second kappa shape index (κ2) is 2.87. The van der Waals surface area contributed by atoms with Crippen molar-refractivity contribution in [3.8, 4) is 0 Å². The number of fused-ring (bicyclic) bond motifs is 1. The maximum atomic E-state index is 13.4. The molecule has 0 atom stereocenters. The zero-order chi connectivity index (χ0) is 10.3. The molecule has 1 aromatic carbocycles. The minimum Gasteiger partial charge on any atom is -0.368 e. The number of nitrogens with zero attached hydrogens (tertiary/aromatic N) is 2. The van der Waals surface area contributed by atoms with Crippen LogP contribution in [0.1, 0.15) is 5.56 Å². The lowest BCUT2D eigenvalue weighted by molar-refractivity contribution is 0.576. The fraction of sp³-hybridized carbons (Fsp3) is 0.111. The van der Waals surface area contributed by atoms with E-state index in [0.29, 0.717) is 0 Å². The number of anilines is 1. The quantitative estimate of drug-likeness (QED) is 0.697. The standard InChI is InChI=1S/C9H7F2N3/c1-4-6(10)2-7-5(8(4)11)3-13-9(12)14-7/h2-3H,1H3,(H2,12,13,14). The summed E-state index contributed by atoms with van der Waals surface area (Å²) < 4.78 is 26.5. The maximum absolute atomic E-state index is 13.4. The number of nitrogen functional groups attached to an aromatic ring is 1. The molecule has 2 N–H and O–H groups in total. The van der Waals surface area contributed by atoms with Crippen LogP contribution in [0.15, 0.2) is 12.3 Å². The number of rotatable bonds is 0. The highest BCUT2D eigenvalue weighted by molar-refractivity contribution is 5.80. The van der Waals surface area contributed by atoms with Gasteiger partial charge in [0.2, 0.25) is 5.95 Å². The van der Waals surface area contributed by atoms with Crippen LogP contribution in [-0.2, 0) is 0 Å². The van der Waals surface area contributed by atoms with E-state index in [1.807, 2.05) is 0 Å². The molecule has 0 saturated carbocycles. The summed E-state index contributed by atoms with van der Waals surface area (Å²) in [6.07, 6.45) is 1.25. The Kier molecular flexibility index (Phi) is 1.80. The Morgan fingerprint density at radius 3 is 2.79 bits per heavy atom. The lowest BCUT2D eigenvalue weighted by Gasteiger charge is -2.03. The van der Waals surface area contributed by atoms with Crippen LogP contribution < -0.4 is 5.73 Å². The summed E-state index contributed by atoms with van der Waals surface area (Å²) in [5.74, 6) is -1.27. The molecule has 2 rings (SSSR count). The lowest BCUT2D eigenvalue weighted by atomic mass is 10.1. The van der Waals surface area contributed by atoms with Gasteiger partial charge in [-0.15, -0.1) is 0 Å². The molecule has 0 aliphatic heterocycles. The van der Waals surface area contributed by atoms with Crippen LogP contribution in [0.5, 0.6) is 0 Å². The van der Waals surface area contributed by atoms with Crippen LogP contribution in [0.2, 0.25) is 0 Å². The molecular weight excluding hydrogens is 188 g/mol. The number of hydrogen-bond donors (Lipinski definition) is 1. The predicted molar refractivity (Wildman–Crippen MR) is 48.6 cm³/mol. The number of aromatic nitrogens is 2. The summed E-state index contributed by atoms with van der Waals surface area (Å²) in [5.41, 5.74) is 5.44. The molecule has 72 valence electrons. The molecule has 0 unspecified atom stereocenters. The summed E-state index contributed by atoms with van der Waals surface area (Å²) in [5, 5.41) is 0.179. The summed E-state index contributed by atoms with van der Waals surface area (Å²) in [6, 6.07) is 1.14. The van der Waals surface area contributed by atoms with E-state index in [1.165, 1.54) is 13.1 Å². The van der Waals surface area contributed by atoms with E-state index in [9.17, 15) is 8.78 Å². The minimum atomic E-state index is -0.639. The zero-order valence-electron chi connectivity index (χ0n) is 7.38. The van der Waals surface area contributed by atoms with Gasteiger partial charge in [0.15, 0.2) is 0 Å². The second-order valence-corrected chi connectivity index (χ2v) is 2.96. The summed E-state index contributed by atoms with van der Waals surface area (Å²) in [4.78, 5) is 7.37. The van der Waals surface area contributed by atoms with Crippen molar-refractivity contribution in [3.63, 3.8) is 0 Å². The van der Waals surface area contributed by atoms with Crippen LogP contribution in [0.3, 0.4) is 0 Å². The first-order valence-corrected chi connectivity index (χ1v) is 3.96. The van der Waals surface area contributed by atoms with Gasteiger partial charge >= 0.3 is 0 Å². The van der Waals surface area contributed by atoms with Crippen molar-refractivity contribution < 1.29 is 8.78 Å². The molecule has 0 aliphatic rings. The normalized spacial score (nSPS) is 10.8. The van der Waals surface area contributed by atoms with Crippen molar-refractivity contribution in [1.82, 2.24) is 9.97 Å². The van der Waals surface area contributed by atoms with E-state index in [0.717, 1.165) is 6.07 Å². The van der Waals surface area contributed by atoms with E-state index in [4.69, 9.17) is 5.73 Å². The highest BCUT2D eigenvalue weighted by atomic mass is 19.1. The maximum Gasteiger partial charge on any atom is 0.220 e. The predicted octanol–water partition coefficient (Wildman–Crippen LogP) is 1.80. The van der Waals surface area contributed by atoms with E-state index in [-0.39, 0.29) is 22.4 Å². The molecule has 0 bridgehead atoms. The van der Waals surface area contributed by atoms with Crippen molar-refractivity contribution >= 4 is 16.9 Å². The highest BCUT2D eigenvalue weighted by Crippen LogP contribution is 2.21. The van der Waals surface area contributed by atoms with Crippen molar-refractivity contribution in [2.45, 2.75) is 6.92 Å². The molecule has 0 aliphatic carbocycles. The molecule has 0 saturated heterocycles. The van der Waals surface area contributed by atoms with Gasteiger partial charge in [0.1, 0.15) is 11.6 Å². The third-order valence-corrected chi connectivity index (χ3v) is 2.02. The molecule has 0 radical (unpaired) electrons. The van der Waals surface area contributed by atoms with E-state index < -0.39 is 11.6 Å². The Morgan fingerprint density at radius 1 is 1.36 bits per heavy atom. The molecule has 1 aromatic heterocycles. The average Bonchev–Trinajstić information content (AvgIpc) is 2.14. The molecule has 0 amide bonds. The van der Waals surface area contributed by atoms with E-state index in [2.05, 4.69) is 9.97 Å². The Balaban J connectivity index is 2.91. The third-order valence-electron chi connectivity index (χ3n) is 2.02.